The van der Waals surface area contributed by atoms with Crippen LogP contribution >= 0.6 is 23.2 Å². The number of hydrogen-bond donors (Lipinski definition) is 2. The number of nitrogens with one attached hydrogen (secondary N) is 2. The van der Waals surface area contributed by atoms with Crippen molar-refractivity contribution in [2.75, 3.05) is 31.3 Å². The average molecular weight is 490 g/mol. The Morgan fingerprint density at radius 1 is 1.19 bits per heavy atom. The van der Waals surface area contributed by atoms with Crippen molar-refractivity contribution in [3.63, 3.8) is 0 Å². The van der Waals surface area contributed by atoms with Crippen LogP contribution in [0.15, 0.2) is 41.3 Å². The fraction of sp³-hybridized carbons (Fsp3) is 0.316. The van der Waals surface area contributed by atoms with E-state index in [9.17, 15) is 23.3 Å². The molecule has 0 saturated carbocycles. The van der Waals surface area contributed by atoms with E-state index in [1.807, 2.05) is 0 Å². The smallest absolute Gasteiger partial charge is 0.293 e. The lowest BCUT2D eigenvalue weighted by Gasteiger charge is -2.10. The molecule has 168 valence electrons. The summed E-state index contributed by atoms with van der Waals surface area (Å²) >= 11 is 11.9. The molecule has 0 heterocycles. The van der Waals surface area contributed by atoms with Gasteiger partial charge in [0.05, 0.1) is 21.4 Å². The molecule has 0 aromatic heterocycles. The lowest BCUT2D eigenvalue weighted by Crippen LogP contribution is -2.29. The van der Waals surface area contributed by atoms with E-state index in [2.05, 4.69) is 10.6 Å². The minimum Gasteiger partial charge on any atom is -0.492 e. The molecule has 31 heavy (non-hydrogen) atoms. The monoisotopic (exact) mass is 489 g/mol. The topological polar surface area (TPSA) is 128 Å². The third kappa shape index (κ3) is 7.57. The second-order valence-electron chi connectivity index (χ2n) is 6.49. The maximum atomic E-state index is 11.9. The van der Waals surface area contributed by atoms with E-state index in [-0.39, 0.29) is 48.3 Å². The van der Waals surface area contributed by atoms with Crippen molar-refractivity contribution in [1.29, 1.82) is 0 Å². The Bertz CT molecular complexity index is 1060. The molecule has 2 aromatic rings. The minimum absolute atomic E-state index is 0.140. The van der Waals surface area contributed by atoms with E-state index in [4.69, 9.17) is 27.9 Å². The molecule has 0 fully saturated rings. The molecule has 0 atom stereocenters. The lowest BCUT2D eigenvalue weighted by molar-refractivity contribution is -0.384. The first kappa shape index (κ1) is 24.7. The first-order chi connectivity index (χ1) is 14.6. The number of benzene rings is 2. The van der Waals surface area contributed by atoms with Crippen LogP contribution < -0.4 is 15.4 Å². The van der Waals surface area contributed by atoms with Gasteiger partial charge in [0.1, 0.15) is 16.5 Å². The second-order valence-corrected chi connectivity index (χ2v) is 9.29. The fourth-order valence-electron chi connectivity index (χ4n) is 2.54. The lowest BCUT2D eigenvalue weighted by atomic mass is 10.2. The summed E-state index contributed by atoms with van der Waals surface area (Å²) < 4.78 is 28.6. The Morgan fingerprint density at radius 3 is 2.61 bits per heavy atom. The summed E-state index contributed by atoms with van der Waals surface area (Å²) in [6.45, 7) is 0.731. The maximum absolute atomic E-state index is 11.9. The van der Waals surface area contributed by atoms with Crippen molar-refractivity contribution < 1.29 is 22.9 Å². The SMILES string of the molecule is CS(=O)(=O)c1ccc(NCCNC(=O)CCCOc2cccc(Cl)c2Cl)c([N+](=O)[O-])c1. The number of hydrogen-bond acceptors (Lipinski definition) is 7. The van der Waals surface area contributed by atoms with Gasteiger partial charge in [-0.25, -0.2) is 8.42 Å². The van der Waals surface area contributed by atoms with Gasteiger partial charge >= 0.3 is 0 Å². The molecule has 0 radical (unpaired) electrons. The van der Waals surface area contributed by atoms with Gasteiger partial charge in [-0.15, -0.1) is 0 Å². The molecule has 2 rings (SSSR count). The molecule has 9 nitrogen and oxygen atoms in total. The van der Waals surface area contributed by atoms with E-state index < -0.39 is 14.8 Å². The average Bonchev–Trinajstić information content (AvgIpc) is 2.70. The number of nitro benzene ring substituents is 1. The summed E-state index contributed by atoms with van der Waals surface area (Å²) in [5, 5.41) is 17.4. The van der Waals surface area contributed by atoms with Gasteiger partial charge in [0.25, 0.3) is 5.69 Å². The quantitative estimate of drug-likeness (QED) is 0.279. The normalized spacial score (nSPS) is 11.1. The molecule has 0 aliphatic carbocycles. The van der Waals surface area contributed by atoms with Crippen LogP contribution in [0.1, 0.15) is 12.8 Å². The van der Waals surface area contributed by atoms with E-state index in [1.165, 1.54) is 12.1 Å². The zero-order chi connectivity index (χ0) is 23.0. The first-order valence-electron chi connectivity index (χ1n) is 9.15. The maximum Gasteiger partial charge on any atom is 0.293 e. The van der Waals surface area contributed by atoms with Gasteiger partial charge in [0, 0.05) is 31.8 Å². The summed E-state index contributed by atoms with van der Waals surface area (Å²) in [5.41, 5.74) is -0.190. The van der Waals surface area contributed by atoms with Crippen LogP contribution in [0.3, 0.4) is 0 Å². The molecule has 0 bridgehead atoms. The van der Waals surface area contributed by atoms with Crippen molar-refractivity contribution in [2.24, 2.45) is 0 Å². The number of nitrogens with zero attached hydrogens (tertiary/aromatic N) is 1. The largest absolute Gasteiger partial charge is 0.492 e. The molecule has 0 aliphatic rings. The zero-order valence-corrected chi connectivity index (χ0v) is 18.9. The van der Waals surface area contributed by atoms with Gasteiger partial charge in [-0.1, -0.05) is 29.3 Å². The van der Waals surface area contributed by atoms with Gasteiger partial charge in [0.2, 0.25) is 5.91 Å². The highest BCUT2D eigenvalue weighted by Gasteiger charge is 2.18. The predicted molar refractivity (Wildman–Crippen MR) is 119 cm³/mol. The number of rotatable bonds is 11. The number of nitro groups is 1. The third-order valence-electron chi connectivity index (χ3n) is 4.08. The van der Waals surface area contributed by atoms with Gasteiger partial charge in [-0.3, -0.25) is 14.9 Å². The van der Waals surface area contributed by atoms with Gasteiger partial charge in [0.15, 0.2) is 9.84 Å². The van der Waals surface area contributed by atoms with Gasteiger partial charge in [-0.05, 0) is 30.7 Å². The molecular weight excluding hydrogens is 469 g/mol. The molecule has 0 aliphatic heterocycles. The number of anilines is 1. The van der Waals surface area contributed by atoms with Gasteiger partial charge in [-0.2, -0.15) is 0 Å². The highest BCUT2D eigenvalue weighted by Crippen LogP contribution is 2.31. The Morgan fingerprint density at radius 2 is 1.94 bits per heavy atom. The number of carbonyl (C=O) groups excluding carboxylic acids is 1. The molecule has 1 amide bonds. The van der Waals surface area contributed by atoms with Crippen LogP contribution in [0.4, 0.5) is 11.4 Å². The molecule has 0 unspecified atom stereocenters. The Balaban J connectivity index is 1.74. The molecule has 0 spiro atoms. The molecule has 12 heteroatoms. The van der Waals surface area contributed by atoms with Gasteiger partial charge < -0.3 is 15.4 Å². The molecular formula is C19H21Cl2N3O6S. The van der Waals surface area contributed by atoms with Crippen LogP contribution in [0.2, 0.25) is 10.0 Å². The van der Waals surface area contributed by atoms with Crippen molar-refractivity contribution in [1.82, 2.24) is 5.32 Å². The van der Waals surface area contributed by atoms with Crippen LogP contribution in [0, 0.1) is 10.1 Å². The summed E-state index contributed by atoms with van der Waals surface area (Å²) in [7, 11) is -3.56. The summed E-state index contributed by atoms with van der Waals surface area (Å²) in [5.74, 6) is 0.242. The number of sulfone groups is 1. The Labute approximate surface area is 189 Å². The summed E-state index contributed by atoms with van der Waals surface area (Å²) in [6.07, 6.45) is 1.66. The minimum atomic E-state index is -3.56. The van der Waals surface area contributed by atoms with Crippen molar-refractivity contribution in [3.05, 3.63) is 56.6 Å². The summed E-state index contributed by atoms with van der Waals surface area (Å²) in [6, 6.07) is 8.66. The van der Waals surface area contributed by atoms with E-state index in [1.54, 1.807) is 18.2 Å². The van der Waals surface area contributed by atoms with Crippen molar-refractivity contribution >= 4 is 50.3 Å². The van der Waals surface area contributed by atoms with E-state index in [0.29, 0.717) is 22.2 Å². The second kappa shape index (κ2) is 11.2. The van der Waals surface area contributed by atoms with Crippen LogP contribution in [-0.2, 0) is 14.6 Å². The van der Waals surface area contributed by atoms with E-state index in [0.717, 1.165) is 12.3 Å². The van der Waals surface area contributed by atoms with Crippen molar-refractivity contribution in [3.8, 4) is 5.75 Å². The zero-order valence-electron chi connectivity index (χ0n) is 16.6. The van der Waals surface area contributed by atoms with Crippen LogP contribution in [0.5, 0.6) is 5.75 Å². The van der Waals surface area contributed by atoms with Crippen LogP contribution in [-0.4, -0.2) is 45.2 Å². The Hall–Kier alpha value is -2.56. The molecule has 2 N–H and O–H groups in total. The summed E-state index contributed by atoms with van der Waals surface area (Å²) in [4.78, 5) is 22.3. The third-order valence-corrected chi connectivity index (χ3v) is 5.99. The van der Waals surface area contributed by atoms with Crippen LogP contribution in [0.25, 0.3) is 0 Å². The molecule has 0 saturated heterocycles. The highest BCUT2D eigenvalue weighted by molar-refractivity contribution is 7.90. The predicted octanol–water partition coefficient (Wildman–Crippen LogP) is 3.69. The number of amides is 1. The number of carbonyl (C=O) groups is 1. The highest BCUT2D eigenvalue weighted by atomic mass is 35.5. The number of halogens is 2. The molecule has 2 aromatic carbocycles. The van der Waals surface area contributed by atoms with E-state index >= 15 is 0 Å². The fourth-order valence-corrected chi connectivity index (χ4v) is 3.53. The number of ether oxygens (including phenoxy) is 1. The Kier molecular flexibility index (Phi) is 8.90. The standard InChI is InChI=1S/C19H21Cl2N3O6S/c1-31(28,29)13-7-8-15(16(12-13)24(26)27)22-9-10-23-18(25)6-3-11-30-17-5-2-4-14(20)19(17)21/h2,4-5,7-8,12,22H,3,6,9-11H2,1H3,(H,23,25). The first-order valence-corrected chi connectivity index (χ1v) is 11.8. The van der Waals surface area contributed by atoms with Crippen molar-refractivity contribution in [2.45, 2.75) is 17.7 Å².